The Morgan fingerprint density at radius 1 is 1.03 bits per heavy atom. The zero-order chi connectivity index (χ0) is 25.6. The van der Waals surface area contributed by atoms with Crippen molar-refractivity contribution in [1.82, 2.24) is 20.0 Å². The summed E-state index contributed by atoms with van der Waals surface area (Å²) < 4.78 is 42.8. The van der Waals surface area contributed by atoms with Crippen molar-refractivity contribution >= 4 is 9.84 Å². The molecule has 0 radical (unpaired) electrons. The minimum Gasteiger partial charge on any atom is -0.261 e. The predicted molar refractivity (Wildman–Crippen MR) is 139 cm³/mol. The van der Waals surface area contributed by atoms with E-state index >= 15 is 0 Å². The fourth-order valence-electron chi connectivity index (χ4n) is 6.31. The normalized spacial score (nSPS) is 23.3. The smallest absolute Gasteiger partial charge is 0.181 e. The zero-order valence-corrected chi connectivity index (χ0v) is 21.5. The Morgan fingerprint density at radius 3 is 2.54 bits per heavy atom. The van der Waals surface area contributed by atoms with E-state index in [4.69, 9.17) is 0 Å². The first-order valence-corrected chi connectivity index (χ1v) is 14.3. The fourth-order valence-corrected chi connectivity index (χ4v) is 8.21. The largest absolute Gasteiger partial charge is 0.261 e. The van der Waals surface area contributed by atoms with Crippen molar-refractivity contribution in [2.24, 2.45) is 11.3 Å². The highest BCUT2D eigenvalue weighted by molar-refractivity contribution is 7.92. The number of aromatic nitrogens is 4. The van der Waals surface area contributed by atoms with Gasteiger partial charge in [0.05, 0.1) is 27.2 Å². The van der Waals surface area contributed by atoms with Crippen molar-refractivity contribution in [1.29, 1.82) is 0 Å². The second-order valence-electron chi connectivity index (χ2n) is 10.6. The molecule has 8 heteroatoms. The molecule has 3 atom stereocenters. The third-order valence-corrected chi connectivity index (χ3v) is 10.5. The van der Waals surface area contributed by atoms with Gasteiger partial charge in [-0.1, -0.05) is 29.0 Å². The van der Waals surface area contributed by atoms with Crippen LogP contribution in [0.1, 0.15) is 41.9 Å². The quantitative estimate of drug-likeness (QED) is 0.370. The molecule has 2 aromatic carbocycles. The maximum atomic E-state index is 13.8. The Balaban J connectivity index is 1.38. The molecule has 6 nitrogen and oxygen atoms in total. The number of rotatable bonds is 5. The average molecular weight is 517 g/mol. The summed E-state index contributed by atoms with van der Waals surface area (Å²) in [6, 6.07) is 19.4. The molecule has 0 bridgehead atoms. The van der Waals surface area contributed by atoms with Crippen LogP contribution in [0.25, 0.3) is 5.69 Å². The van der Waals surface area contributed by atoms with E-state index in [-0.39, 0.29) is 17.2 Å². The monoisotopic (exact) mass is 516 g/mol. The van der Waals surface area contributed by atoms with E-state index in [0.29, 0.717) is 30.6 Å². The number of benzene rings is 2. The summed E-state index contributed by atoms with van der Waals surface area (Å²) in [6.45, 7) is 1.96. The van der Waals surface area contributed by atoms with Gasteiger partial charge in [0.15, 0.2) is 9.84 Å². The maximum absolute atomic E-state index is 13.8. The molecule has 190 valence electrons. The predicted octanol–water partition coefficient (Wildman–Crippen LogP) is 5.08. The molecule has 0 saturated heterocycles. The number of hydrogen-bond acceptors (Lipinski definition) is 5. The Kier molecular flexibility index (Phi) is 5.94. The van der Waals surface area contributed by atoms with E-state index in [1.807, 2.05) is 41.9 Å². The summed E-state index contributed by atoms with van der Waals surface area (Å²) in [5, 5.41) is 8.51. The van der Waals surface area contributed by atoms with Crippen molar-refractivity contribution in [3.8, 4) is 5.69 Å². The molecule has 2 heterocycles. The van der Waals surface area contributed by atoms with E-state index in [0.717, 1.165) is 41.2 Å². The lowest BCUT2D eigenvalue weighted by atomic mass is 9.57. The highest BCUT2D eigenvalue weighted by Crippen LogP contribution is 2.52. The molecule has 1 saturated carbocycles. The fraction of sp³-hybridized carbons (Fsp3) is 0.345. The molecule has 1 fully saturated rings. The molecule has 0 spiro atoms. The highest BCUT2D eigenvalue weighted by atomic mass is 32.2. The lowest BCUT2D eigenvalue weighted by Gasteiger charge is -2.49. The van der Waals surface area contributed by atoms with Crippen LogP contribution in [-0.4, -0.2) is 33.6 Å². The molecule has 37 heavy (non-hydrogen) atoms. The van der Waals surface area contributed by atoms with Gasteiger partial charge in [-0.25, -0.2) is 17.5 Å². The van der Waals surface area contributed by atoms with Gasteiger partial charge < -0.3 is 0 Å². The van der Waals surface area contributed by atoms with E-state index in [2.05, 4.69) is 15.3 Å². The molecular formula is C29H29FN4O2S. The molecule has 0 aliphatic heterocycles. The minimum absolute atomic E-state index is 0.268. The topological polar surface area (TPSA) is 77.7 Å². The van der Waals surface area contributed by atoms with Crippen LogP contribution in [0.3, 0.4) is 0 Å². The standard InChI is InChI=1S/C29H29FN4O2S/c1-20-5-12-25(13-6-20)37(35,36)26-14-7-21-16-28-27(32-33-34(28)24-10-8-22(30)9-11-24)19-29(21,18-26)17-23-4-2-3-15-31-23/h2-6,8-13,15,21,26H,7,14,16-19H2,1H3/t21?,26-,29-/m0/s1. The van der Waals surface area contributed by atoms with Crippen LogP contribution in [0.2, 0.25) is 0 Å². The van der Waals surface area contributed by atoms with Crippen LogP contribution in [0.5, 0.6) is 0 Å². The van der Waals surface area contributed by atoms with Gasteiger partial charge in [-0.05, 0) is 105 Å². The van der Waals surface area contributed by atoms with Gasteiger partial charge in [-0.15, -0.1) is 5.10 Å². The number of pyridine rings is 1. The minimum atomic E-state index is -3.48. The van der Waals surface area contributed by atoms with E-state index < -0.39 is 15.1 Å². The van der Waals surface area contributed by atoms with Crippen molar-refractivity contribution in [3.63, 3.8) is 0 Å². The van der Waals surface area contributed by atoms with Crippen molar-refractivity contribution in [2.45, 2.75) is 55.6 Å². The van der Waals surface area contributed by atoms with Gasteiger partial charge in [0.2, 0.25) is 0 Å². The number of halogens is 1. The number of hydrogen-bond donors (Lipinski definition) is 0. The van der Waals surface area contributed by atoms with Gasteiger partial charge in [0.1, 0.15) is 5.82 Å². The second kappa shape index (κ2) is 9.17. The molecule has 2 aromatic heterocycles. The van der Waals surface area contributed by atoms with Gasteiger partial charge >= 0.3 is 0 Å². The summed E-state index contributed by atoms with van der Waals surface area (Å²) >= 11 is 0. The third-order valence-electron chi connectivity index (χ3n) is 8.26. The first kappa shape index (κ1) is 24.0. The Morgan fingerprint density at radius 2 is 1.81 bits per heavy atom. The third kappa shape index (κ3) is 4.37. The SMILES string of the molecule is Cc1ccc(S(=O)(=O)[C@H]2CCC3Cc4c(nnn4-c4ccc(F)cc4)C[C@]3(Cc3ccccn3)C2)cc1. The first-order chi connectivity index (χ1) is 17.8. The number of aryl methyl sites for hydroxylation is 1. The highest BCUT2D eigenvalue weighted by Gasteiger charge is 2.51. The molecular weight excluding hydrogens is 487 g/mol. The molecule has 2 aliphatic rings. The Bertz CT molecular complexity index is 1520. The van der Waals surface area contributed by atoms with Crippen molar-refractivity contribution < 1.29 is 12.8 Å². The first-order valence-electron chi connectivity index (χ1n) is 12.7. The second-order valence-corrected chi connectivity index (χ2v) is 12.8. The van der Waals surface area contributed by atoms with Gasteiger partial charge in [-0.2, -0.15) is 0 Å². The molecule has 4 aromatic rings. The zero-order valence-electron chi connectivity index (χ0n) is 20.7. The van der Waals surface area contributed by atoms with Crippen LogP contribution in [0.4, 0.5) is 4.39 Å². The number of nitrogens with zero attached hydrogens (tertiary/aromatic N) is 4. The van der Waals surface area contributed by atoms with Gasteiger partial charge in [0, 0.05) is 11.9 Å². The van der Waals surface area contributed by atoms with E-state index in [9.17, 15) is 12.8 Å². The molecule has 6 rings (SSSR count). The van der Waals surface area contributed by atoms with Crippen LogP contribution in [-0.2, 0) is 29.1 Å². The lowest BCUT2D eigenvalue weighted by Crippen LogP contribution is -2.48. The van der Waals surface area contributed by atoms with Gasteiger partial charge in [0.25, 0.3) is 0 Å². The van der Waals surface area contributed by atoms with Crippen molar-refractivity contribution in [3.05, 3.63) is 101 Å². The van der Waals surface area contributed by atoms with Crippen molar-refractivity contribution in [2.75, 3.05) is 0 Å². The Hall–Kier alpha value is -3.39. The summed E-state index contributed by atoms with van der Waals surface area (Å²) in [6.07, 6.45) is 5.88. The lowest BCUT2D eigenvalue weighted by molar-refractivity contribution is 0.0801. The van der Waals surface area contributed by atoms with Crippen LogP contribution in [0, 0.1) is 24.1 Å². The van der Waals surface area contributed by atoms with Gasteiger partial charge in [-0.3, -0.25) is 4.98 Å². The summed E-state index contributed by atoms with van der Waals surface area (Å²) in [4.78, 5) is 5.00. The molecule has 0 amide bonds. The summed E-state index contributed by atoms with van der Waals surface area (Å²) in [7, 11) is -3.48. The number of fused-ring (bicyclic) bond motifs is 2. The molecule has 0 N–H and O–H groups in total. The Labute approximate surface area is 216 Å². The molecule has 1 unspecified atom stereocenters. The maximum Gasteiger partial charge on any atom is 0.181 e. The van der Waals surface area contributed by atoms with Crippen LogP contribution < -0.4 is 0 Å². The number of sulfone groups is 1. The van der Waals surface area contributed by atoms with Crippen LogP contribution >= 0.6 is 0 Å². The summed E-state index contributed by atoms with van der Waals surface area (Å²) in [5.74, 6) is -0.0237. The average Bonchev–Trinajstić information content (AvgIpc) is 3.30. The van der Waals surface area contributed by atoms with E-state index in [1.54, 1.807) is 30.5 Å². The van der Waals surface area contributed by atoms with Crippen LogP contribution in [0.15, 0.2) is 77.8 Å². The molecule has 2 aliphatic carbocycles. The summed E-state index contributed by atoms with van der Waals surface area (Å²) in [5.41, 5.74) is 4.43. The van der Waals surface area contributed by atoms with E-state index in [1.165, 1.54) is 12.1 Å².